The number of ether oxygens (including phenoxy) is 1. The van der Waals surface area contributed by atoms with Crippen LogP contribution in [0.15, 0.2) is 16.7 Å². The van der Waals surface area contributed by atoms with Crippen LogP contribution >= 0.6 is 15.9 Å². The number of rotatable bonds is 2. The lowest BCUT2D eigenvalue weighted by molar-refractivity contribution is -0.121. The number of halogens is 1. The maximum atomic E-state index is 12.0. The van der Waals surface area contributed by atoms with E-state index in [-0.39, 0.29) is 12.5 Å². The van der Waals surface area contributed by atoms with Crippen LogP contribution in [0, 0.1) is 5.92 Å². The van der Waals surface area contributed by atoms with Crippen LogP contribution < -0.4 is 9.64 Å². The summed E-state index contributed by atoms with van der Waals surface area (Å²) in [6.07, 6.45) is 6.71. The van der Waals surface area contributed by atoms with Crippen LogP contribution in [0.25, 0.3) is 0 Å². The number of anilines is 1. The number of amides is 1. The van der Waals surface area contributed by atoms with Crippen molar-refractivity contribution in [3.05, 3.63) is 16.7 Å². The van der Waals surface area contributed by atoms with E-state index in [4.69, 9.17) is 4.74 Å². The molecular weight excluding hydrogens is 296 g/mol. The van der Waals surface area contributed by atoms with Crippen molar-refractivity contribution < 1.29 is 9.53 Å². The third-order valence-corrected chi connectivity index (χ3v) is 4.06. The Labute approximate surface area is 114 Å². The van der Waals surface area contributed by atoms with Crippen molar-refractivity contribution in [3.8, 4) is 5.75 Å². The maximum Gasteiger partial charge on any atom is 0.266 e. The minimum Gasteiger partial charge on any atom is -0.480 e. The summed E-state index contributed by atoms with van der Waals surface area (Å²) in [6.45, 7) is 0.904. The van der Waals surface area contributed by atoms with Gasteiger partial charge in [-0.3, -0.25) is 9.69 Å². The number of hydrogen-bond donors (Lipinski definition) is 0. The van der Waals surface area contributed by atoms with Gasteiger partial charge in [0.1, 0.15) is 0 Å². The number of carbonyl (C=O) groups excluding carboxylic acids is 1. The summed E-state index contributed by atoms with van der Waals surface area (Å²) in [7, 11) is 0. The fourth-order valence-corrected chi connectivity index (χ4v) is 3.01. The highest BCUT2D eigenvalue weighted by atomic mass is 79.9. The minimum absolute atomic E-state index is 0.0178. The molecule has 0 unspecified atom stereocenters. The first-order valence-electron chi connectivity index (χ1n) is 6.33. The van der Waals surface area contributed by atoms with Crippen molar-refractivity contribution in [2.24, 2.45) is 5.92 Å². The predicted octanol–water partition coefficient (Wildman–Crippen LogP) is 2.76. The third-order valence-electron chi connectivity index (χ3n) is 3.62. The van der Waals surface area contributed by atoms with Crippen molar-refractivity contribution in [2.75, 3.05) is 18.1 Å². The quantitative estimate of drug-likeness (QED) is 0.843. The maximum absolute atomic E-state index is 12.0. The SMILES string of the molecule is O=C1COc2cc(Br)cnc2N1CC1CCCC1. The minimum atomic E-state index is 0.0178. The normalized spacial score (nSPS) is 19.8. The summed E-state index contributed by atoms with van der Waals surface area (Å²) >= 11 is 3.37. The van der Waals surface area contributed by atoms with Crippen molar-refractivity contribution >= 4 is 27.7 Å². The van der Waals surface area contributed by atoms with E-state index in [9.17, 15) is 4.79 Å². The first-order chi connectivity index (χ1) is 8.74. The van der Waals surface area contributed by atoms with Crippen LogP contribution in [0.2, 0.25) is 0 Å². The van der Waals surface area contributed by atoms with Gasteiger partial charge in [-0.2, -0.15) is 0 Å². The zero-order valence-electron chi connectivity index (χ0n) is 10.1. The molecule has 3 rings (SSSR count). The van der Waals surface area contributed by atoms with Crippen LogP contribution in [0.1, 0.15) is 25.7 Å². The molecule has 5 heteroatoms. The first kappa shape index (κ1) is 12.0. The Morgan fingerprint density at radius 2 is 2.22 bits per heavy atom. The number of carbonyl (C=O) groups is 1. The Kier molecular flexibility index (Phi) is 3.24. The average molecular weight is 311 g/mol. The van der Waals surface area contributed by atoms with Crippen LogP contribution in [-0.2, 0) is 4.79 Å². The lowest BCUT2D eigenvalue weighted by atomic mass is 10.1. The smallest absolute Gasteiger partial charge is 0.266 e. The third kappa shape index (κ3) is 2.23. The predicted molar refractivity (Wildman–Crippen MR) is 71.7 cm³/mol. The number of pyridine rings is 1. The molecule has 96 valence electrons. The van der Waals surface area contributed by atoms with Crippen molar-refractivity contribution in [1.29, 1.82) is 0 Å². The summed E-state index contributed by atoms with van der Waals surface area (Å²) in [4.78, 5) is 18.1. The Bertz CT molecular complexity index is 472. The highest BCUT2D eigenvalue weighted by Crippen LogP contribution is 2.34. The van der Waals surface area contributed by atoms with E-state index < -0.39 is 0 Å². The van der Waals surface area contributed by atoms with Crippen LogP contribution in [0.3, 0.4) is 0 Å². The second-order valence-electron chi connectivity index (χ2n) is 4.92. The summed E-state index contributed by atoms with van der Waals surface area (Å²) in [6, 6.07) is 1.87. The molecule has 1 amide bonds. The first-order valence-corrected chi connectivity index (χ1v) is 7.12. The Balaban J connectivity index is 1.86. The molecule has 0 bridgehead atoms. The number of aromatic nitrogens is 1. The molecule has 0 spiro atoms. The van der Waals surface area contributed by atoms with E-state index in [1.54, 1.807) is 11.1 Å². The Morgan fingerprint density at radius 1 is 1.44 bits per heavy atom. The van der Waals surface area contributed by atoms with Crippen molar-refractivity contribution in [2.45, 2.75) is 25.7 Å². The zero-order chi connectivity index (χ0) is 12.5. The molecule has 0 N–H and O–H groups in total. The largest absolute Gasteiger partial charge is 0.480 e. The molecule has 1 aromatic rings. The van der Waals surface area contributed by atoms with E-state index in [0.29, 0.717) is 17.5 Å². The summed E-state index contributed by atoms with van der Waals surface area (Å²) < 4.78 is 6.30. The van der Waals surface area contributed by atoms with Gasteiger partial charge in [0.15, 0.2) is 18.2 Å². The van der Waals surface area contributed by atoms with Gasteiger partial charge in [-0.05, 0) is 40.8 Å². The lowest BCUT2D eigenvalue weighted by Gasteiger charge is -2.30. The summed E-state index contributed by atoms with van der Waals surface area (Å²) in [5.74, 6) is 2.00. The van der Waals surface area contributed by atoms with Gasteiger partial charge in [-0.1, -0.05) is 12.8 Å². The average Bonchev–Trinajstić information content (AvgIpc) is 2.86. The van der Waals surface area contributed by atoms with Crippen molar-refractivity contribution in [3.63, 3.8) is 0 Å². The van der Waals surface area contributed by atoms with Gasteiger partial charge in [-0.15, -0.1) is 0 Å². The molecule has 0 atom stereocenters. The number of hydrogen-bond acceptors (Lipinski definition) is 3. The monoisotopic (exact) mass is 310 g/mol. The fourth-order valence-electron chi connectivity index (χ4n) is 2.70. The van der Waals surface area contributed by atoms with Gasteiger partial charge in [-0.25, -0.2) is 4.98 Å². The Hall–Kier alpha value is -1.10. The molecule has 0 radical (unpaired) electrons. The summed E-state index contributed by atoms with van der Waals surface area (Å²) in [5.41, 5.74) is 0. The highest BCUT2D eigenvalue weighted by Gasteiger charge is 2.30. The molecule has 2 aliphatic rings. The van der Waals surface area contributed by atoms with E-state index in [1.165, 1.54) is 25.7 Å². The van der Waals surface area contributed by atoms with E-state index in [2.05, 4.69) is 20.9 Å². The zero-order valence-corrected chi connectivity index (χ0v) is 11.6. The summed E-state index contributed by atoms with van der Waals surface area (Å²) in [5, 5.41) is 0. The Morgan fingerprint density at radius 3 is 3.00 bits per heavy atom. The molecular formula is C13H15BrN2O2. The van der Waals surface area contributed by atoms with E-state index >= 15 is 0 Å². The molecule has 18 heavy (non-hydrogen) atoms. The van der Waals surface area contributed by atoms with Gasteiger partial charge in [0.05, 0.1) is 0 Å². The molecule has 4 nitrogen and oxygen atoms in total. The van der Waals surface area contributed by atoms with Crippen LogP contribution in [0.4, 0.5) is 5.82 Å². The van der Waals surface area contributed by atoms with Gasteiger partial charge in [0, 0.05) is 17.2 Å². The van der Waals surface area contributed by atoms with Gasteiger partial charge in [0.2, 0.25) is 0 Å². The second-order valence-corrected chi connectivity index (χ2v) is 5.83. The van der Waals surface area contributed by atoms with Gasteiger partial charge < -0.3 is 4.74 Å². The van der Waals surface area contributed by atoms with Gasteiger partial charge in [0.25, 0.3) is 5.91 Å². The molecule has 1 saturated carbocycles. The fraction of sp³-hybridized carbons (Fsp3) is 0.538. The van der Waals surface area contributed by atoms with Crippen molar-refractivity contribution in [1.82, 2.24) is 4.98 Å². The molecule has 0 saturated heterocycles. The standard InChI is InChI=1S/C13H15BrN2O2/c14-10-5-11-13(15-6-10)16(12(17)8-18-11)7-9-3-1-2-4-9/h5-6,9H,1-4,7-8H2. The number of nitrogens with zero attached hydrogens (tertiary/aromatic N) is 2. The topological polar surface area (TPSA) is 42.4 Å². The van der Waals surface area contributed by atoms with Crippen LogP contribution in [-0.4, -0.2) is 24.0 Å². The van der Waals surface area contributed by atoms with Crippen LogP contribution in [0.5, 0.6) is 5.75 Å². The molecule has 1 aliphatic carbocycles. The molecule has 1 aliphatic heterocycles. The number of fused-ring (bicyclic) bond motifs is 1. The highest BCUT2D eigenvalue weighted by molar-refractivity contribution is 9.10. The molecule has 2 heterocycles. The second kappa shape index (κ2) is 4.88. The molecule has 1 aromatic heterocycles. The van der Waals surface area contributed by atoms with E-state index in [0.717, 1.165) is 11.0 Å². The van der Waals surface area contributed by atoms with Gasteiger partial charge >= 0.3 is 0 Å². The van der Waals surface area contributed by atoms with E-state index in [1.807, 2.05) is 6.07 Å². The lowest BCUT2D eigenvalue weighted by Crippen LogP contribution is -2.42. The molecule has 0 aromatic carbocycles. The molecule has 1 fully saturated rings.